The Labute approximate surface area is 106 Å². The summed E-state index contributed by atoms with van der Waals surface area (Å²) in [4.78, 5) is 12.0. The van der Waals surface area contributed by atoms with Crippen molar-refractivity contribution in [3.8, 4) is 0 Å². The van der Waals surface area contributed by atoms with Gasteiger partial charge >= 0.3 is 5.97 Å². The van der Waals surface area contributed by atoms with Gasteiger partial charge in [0.25, 0.3) is 0 Å². The molecule has 0 aromatic carbocycles. The maximum absolute atomic E-state index is 12.0. The second kappa shape index (κ2) is 4.40. The Bertz CT molecular complexity index is 581. The highest BCUT2D eigenvalue weighted by molar-refractivity contribution is 5.94. The lowest BCUT2D eigenvalue weighted by Gasteiger charge is -2.18. The second-order valence-electron chi connectivity index (χ2n) is 5.16. The summed E-state index contributed by atoms with van der Waals surface area (Å²) in [7, 11) is 0. The molecule has 0 radical (unpaired) electrons. The van der Waals surface area contributed by atoms with Gasteiger partial charge in [-0.15, -0.1) is 5.10 Å². The molecule has 0 unspecified atom stereocenters. The molecule has 0 spiro atoms. The van der Waals surface area contributed by atoms with Crippen molar-refractivity contribution in [1.82, 2.24) is 14.8 Å². The summed E-state index contributed by atoms with van der Waals surface area (Å²) in [5, 5.41) is 7.80. The van der Waals surface area contributed by atoms with Gasteiger partial charge in [-0.1, -0.05) is 12.1 Å². The van der Waals surface area contributed by atoms with Crippen LogP contribution < -0.4 is 0 Å². The van der Waals surface area contributed by atoms with E-state index in [2.05, 4.69) is 17.2 Å². The van der Waals surface area contributed by atoms with E-state index in [0.717, 1.165) is 12.0 Å². The van der Waals surface area contributed by atoms with Gasteiger partial charge in [-0.05, 0) is 44.9 Å². The van der Waals surface area contributed by atoms with Crippen LogP contribution in [0.15, 0.2) is 18.3 Å². The molecule has 2 aromatic rings. The Kier molecular flexibility index (Phi) is 3.07. The lowest BCUT2D eigenvalue weighted by Crippen LogP contribution is -2.24. The Morgan fingerprint density at radius 1 is 1.44 bits per heavy atom. The smallest absolute Gasteiger partial charge is 0.361 e. The molecule has 96 valence electrons. The van der Waals surface area contributed by atoms with Gasteiger partial charge in [0, 0.05) is 6.20 Å². The Morgan fingerprint density at radius 2 is 2.17 bits per heavy atom. The Hall–Kier alpha value is -1.91. The molecule has 0 aliphatic carbocycles. The quantitative estimate of drug-likeness (QED) is 0.764. The highest BCUT2D eigenvalue weighted by Gasteiger charge is 2.22. The minimum Gasteiger partial charge on any atom is -0.455 e. The first kappa shape index (κ1) is 12.5. The van der Waals surface area contributed by atoms with E-state index in [9.17, 15) is 4.79 Å². The number of carbonyl (C=O) groups is 1. The van der Waals surface area contributed by atoms with Crippen LogP contribution >= 0.6 is 0 Å². The van der Waals surface area contributed by atoms with Crippen LogP contribution in [0.5, 0.6) is 0 Å². The van der Waals surface area contributed by atoms with Gasteiger partial charge in [-0.2, -0.15) is 0 Å². The van der Waals surface area contributed by atoms with Crippen molar-refractivity contribution >= 4 is 11.5 Å². The monoisotopic (exact) mass is 247 g/mol. The molecule has 2 heterocycles. The van der Waals surface area contributed by atoms with Crippen LogP contribution in [0.25, 0.3) is 5.52 Å². The number of ether oxygens (including phenoxy) is 1. The SMILES string of the molecule is CCc1ccn2nnc(C(=O)OC(C)(C)C)c2c1. The van der Waals surface area contributed by atoms with Crippen LogP contribution in [0.1, 0.15) is 43.7 Å². The summed E-state index contributed by atoms with van der Waals surface area (Å²) in [6.07, 6.45) is 2.70. The number of pyridine rings is 1. The fourth-order valence-electron chi connectivity index (χ4n) is 1.63. The van der Waals surface area contributed by atoms with E-state index in [1.807, 2.05) is 32.9 Å². The van der Waals surface area contributed by atoms with Crippen molar-refractivity contribution in [1.29, 1.82) is 0 Å². The maximum atomic E-state index is 12.0. The van der Waals surface area contributed by atoms with Crippen LogP contribution in [0, 0.1) is 0 Å². The molecule has 2 aromatic heterocycles. The summed E-state index contributed by atoms with van der Waals surface area (Å²) < 4.78 is 6.89. The lowest BCUT2D eigenvalue weighted by molar-refractivity contribution is 0.00651. The van der Waals surface area contributed by atoms with Crippen molar-refractivity contribution in [3.63, 3.8) is 0 Å². The number of hydrogen-bond acceptors (Lipinski definition) is 4. The first-order valence-electron chi connectivity index (χ1n) is 5.98. The molecule has 5 heteroatoms. The molecule has 0 N–H and O–H groups in total. The van der Waals surface area contributed by atoms with E-state index < -0.39 is 11.6 Å². The molecule has 0 aliphatic heterocycles. The Morgan fingerprint density at radius 3 is 2.78 bits per heavy atom. The summed E-state index contributed by atoms with van der Waals surface area (Å²) >= 11 is 0. The molecular weight excluding hydrogens is 230 g/mol. The number of fused-ring (bicyclic) bond motifs is 1. The second-order valence-corrected chi connectivity index (χ2v) is 5.16. The number of aryl methyl sites for hydroxylation is 1. The number of nitrogens with zero attached hydrogens (tertiary/aromatic N) is 3. The molecule has 0 bridgehead atoms. The third-order valence-electron chi connectivity index (χ3n) is 2.48. The fourth-order valence-corrected chi connectivity index (χ4v) is 1.63. The normalized spacial score (nSPS) is 11.8. The average molecular weight is 247 g/mol. The number of aromatic nitrogens is 3. The average Bonchev–Trinajstić information content (AvgIpc) is 2.69. The van der Waals surface area contributed by atoms with Crippen LogP contribution in [-0.2, 0) is 11.2 Å². The van der Waals surface area contributed by atoms with E-state index >= 15 is 0 Å². The van der Waals surface area contributed by atoms with Crippen LogP contribution in [0.3, 0.4) is 0 Å². The highest BCUT2D eigenvalue weighted by atomic mass is 16.6. The van der Waals surface area contributed by atoms with Gasteiger partial charge in [0.05, 0.1) is 0 Å². The van der Waals surface area contributed by atoms with Crippen LogP contribution in [0.2, 0.25) is 0 Å². The van der Waals surface area contributed by atoms with Gasteiger partial charge in [0.2, 0.25) is 0 Å². The molecule has 0 atom stereocenters. The Balaban J connectivity index is 2.42. The van der Waals surface area contributed by atoms with Crippen molar-refractivity contribution in [3.05, 3.63) is 29.6 Å². The number of esters is 1. The molecular formula is C13H17N3O2. The molecule has 0 saturated heterocycles. The molecule has 5 nitrogen and oxygen atoms in total. The van der Waals surface area contributed by atoms with E-state index in [1.165, 1.54) is 0 Å². The van der Waals surface area contributed by atoms with E-state index in [-0.39, 0.29) is 5.69 Å². The minimum atomic E-state index is -0.532. The zero-order valence-electron chi connectivity index (χ0n) is 11.1. The summed E-state index contributed by atoms with van der Waals surface area (Å²) in [5.41, 5.74) is 1.55. The van der Waals surface area contributed by atoms with Gasteiger partial charge < -0.3 is 4.74 Å². The van der Waals surface area contributed by atoms with E-state index in [4.69, 9.17) is 4.74 Å². The number of hydrogen-bond donors (Lipinski definition) is 0. The third kappa shape index (κ3) is 2.50. The predicted molar refractivity (Wildman–Crippen MR) is 67.5 cm³/mol. The van der Waals surface area contributed by atoms with Crippen molar-refractivity contribution in [2.24, 2.45) is 0 Å². The standard InChI is InChI=1S/C13H17N3O2/c1-5-9-6-7-16-10(8-9)11(14-15-16)12(17)18-13(2,3)4/h6-8H,5H2,1-4H3. The minimum absolute atomic E-state index is 0.264. The number of carbonyl (C=O) groups excluding carboxylic acids is 1. The van der Waals surface area contributed by atoms with Gasteiger partial charge in [0.1, 0.15) is 11.1 Å². The number of rotatable bonds is 2. The van der Waals surface area contributed by atoms with Crippen molar-refractivity contribution in [2.75, 3.05) is 0 Å². The summed E-state index contributed by atoms with van der Waals surface area (Å²) in [6.45, 7) is 7.54. The molecule has 0 aliphatic rings. The zero-order chi connectivity index (χ0) is 13.3. The predicted octanol–water partition coefficient (Wildman–Crippen LogP) is 2.25. The highest BCUT2D eigenvalue weighted by Crippen LogP contribution is 2.15. The molecule has 0 saturated carbocycles. The molecule has 0 fully saturated rings. The largest absolute Gasteiger partial charge is 0.455 e. The first-order valence-corrected chi connectivity index (χ1v) is 5.98. The topological polar surface area (TPSA) is 56.5 Å². The molecule has 0 amide bonds. The van der Waals surface area contributed by atoms with Crippen molar-refractivity contribution < 1.29 is 9.53 Å². The van der Waals surface area contributed by atoms with Gasteiger partial charge in [-0.3, -0.25) is 0 Å². The van der Waals surface area contributed by atoms with E-state index in [0.29, 0.717) is 5.52 Å². The van der Waals surface area contributed by atoms with Gasteiger partial charge in [-0.25, -0.2) is 9.31 Å². The molecule has 2 rings (SSSR count). The van der Waals surface area contributed by atoms with Crippen LogP contribution in [-0.4, -0.2) is 26.4 Å². The fraction of sp³-hybridized carbons (Fsp3) is 0.462. The summed E-state index contributed by atoms with van der Waals surface area (Å²) in [6, 6.07) is 3.87. The van der Waals surface area contributed by atoms with Gasteiger partial charge in [0.15, 0.2) is 5.69 Å². The molecule has 18 heavy (non-hydrogen) atoms. The van der Waals surface area contributed by atoms with E-state index in [1.54, 1.807) is 10.7 Å². The zero-order valence-corrected chi connectivity index (χ0v) is 11.1. The third-order valence-corrected chi connectivity index (χ3v) is 2.48. The maximum Gasteiger partial charge on any atom is 0.361 e. The first-order chi connectivity index (χ1) is 8.40. The van der Waals surface area contributed by atoms with Crippen LogP contribution in [0.4, 0.5) is 0 Å². The van der Waals surface area contributed by atoms with Crippen molar-refractivity contribution in [2.45, 2.75) is 39.7 Å². The summed E-state index contributed by atoms with van der Waals surface area (Å²) in [5.74, 6) is -0.439. The lowest BCUT2D eigenvalue weighted by atomic mass is 10.1.